The van der Waals surface area contributed by atoms with E-state index in [0.717, 1.165) is 55.0 Å². The van der Waals surface area contributed by atoms with Crippen molar-refractivity contribution in [1.82, 2.24) is 14.7 Å². The van der Waals surface area contributed by atoms with Crippen molar-refractivity contribution < 1.29 is 14.3 Å². The Morgan fingerprint density at radius 2 is 1.78 bits per heavy atom. The van der Waals surface area contributed by atoms with Crippen molar-refractivity contribution in [2.75, 3.05) is 58.2 Å². The molecular weight excluding hydrogens is 452 g/mol. The van der Waals surface area contributed by atoms with Crippen LogP contribution in [-0.4, -0.2) is 79.6 Å². The standard InChI is InChI=1S/C29H40N4O3/c1-4-5-16-28(34)32(17-10-13-25-12-7-9-15-27(25)36-3)21-18-31-19-22-33(23-20-31)29(35)30-26-14-8-6-11-24(26)2/h6-15H,4-5,16-23H2,1-3H3,(H,30,35)/b13-10+. The van der Waals surface area contributed by atoms with Gasteiger partial charge in [0.15, 0.2) is 0 Å². The molecule has 3 rings (SSSR count). The summed E-state index contributed by atoms with van der Waals surface area (Å²) < 4.78 is 5.42. The van der Waals surface area contributed by atoms with Gasteiger partial charge in [-0.1, -0.05) is 61.9 Å². The molecule has 1 aliphatic heterocycles. The Morgan fingerprint density at radius 3 is 2.50 bits per heavy atom. The second kappa shape index (κ2) is 14.3. The van der Waals surface area contributed by atoms with Crippen LogP contribution in [0.15, 0.2) is 54.6 Å². The van der Waals surface area contributed by atoms with Gasteiger partial charge in [-0.15, -0.1) is 0 Å². The Kier molecular flexibility index (Phi) is 10.8. The molecule has 1 heterocycles. The summed E-state index contributed by atoms with van der Waals surface area (Å²) in [7, 11) is 1.67. The minimum atomic E-state index is -0.0539. The number of hydrogen-bond acceptors (Lipinski definition) is 4. The first-order chi connectivity index (χ1) is 17.5. The van der Waals surface area contributed by atoms with Gasteiger partial charge >= 0.3 is 6.03 Å². The molecule has 7 nitrogen and oxygen atoms in total. The Hall–Kier alpha value is -3.32. The number of aryl methyl sites for hydroxylation is 1. The van der Waals surface area contributed by atoms with Gasteiger partial charge in [0.2, 0.25) is 5.91 Å². The third-order valence-electron chi connectivity index (χ3n) is 6.59. The number of piperazine rings is 1. The summed E-state index contributed by atoms with van der Waals surface area (Å²) in [5.41, 5.74) is 2.91. The van der Waals surface area contributed by atoms with Crippen LogP contribution in [0, 0.1) is 6.92 Å². The molecule has 0 radical (unpaired) electrons. The summed E-state index contributed by atoms with van der Waals surface area (Å²) in [6.45, 7) is 9.09. The van der Waals surface area contributed by atoms with Gasteiger partial charge in [-0.2, -0.15) is 0 Å². The predicted octanol–water partition coefficient (Wildman–Crippen LogP) is 4.89. The number of nitrogens with one attached hydrogen (secondary N) is 1. The van der Waals surface area contributed by atoms with E-state index in [1.807, 2.05) is 77.4 Å². The van der Waals surface area contributed by atoms with Crippen molar-refractivity contribution in [3.8, 4) is 5.75 Å². The quantitative estimate of drug-likeness (QED) is 0.485. The normalized spacial score (nSPS) is 14.1. The van der Waals surface area contributed by atoms with Gasteiger partial charge in [0.05, 0.1) is 7.11 Å². The highest BCUT2D eigenvalue weighted by Crippen LogP contribution is 2.19. The highest BCUT2D eigenvalue weighted by molar-refractivity contribution is 5.90. The van der Waals surface area contributed by atoms with Crippen molar-refractivity contribution in [1.29, 1.82) is 0 Å². The predicted molar refractivity (Wildman–Crippen MR) is 146 cm³/mol. The van der Waals surface area contributed by atoms with Crippen LogP contribution in [0.2, 0.25) is 0 Å². The zero-order valence-electron chi connectivity index (χ0n) is 21.9. The lowest BCUT2D eigenvalue weighted by atomic mass is 10.2. The van der Waals surface area contributed by atoms with Crippen LogP contribution in [0.1, 0.15) is 37.3 Å². The van der Waals surface area contributed by atoms with E-state index in [0.29, 0.717) is 32.6 Å². The Bertz CT molecular complexity index is 1020. The molecule has 0 bridgehead atoms. The number of hydrogen-bond donors (Lipinski definition) is 1. The van der Waals surface area contributed by atoms with Crippen LogP contribution < -0.4 is 10.1 Å². The first kappa shape index (κ1) is 27.3. The Labute approximate surface area is 215 Å². The number of rotatable bonds is 11. The lowest BCUT2D eigenvalue weighted by Gasteiger charge is -2.35. The molecule has 0 spiro atoms. The van der Waals surface area contributed by atoms with E-state index >= 15 is 0 Å². The molecular formula is C29H40N4O3. The Morgan fingerprint density at radius 1 is 1.06 bits per heavy atom. The van der Waals surface area contributed by atoms with Crippen LogP contribution in [0.25, 0.3) is 6.08 Å². The molecule has 3 amide bonds. The summed E-state index contributed by atoms with van der Waals surface area (Å²) >= 11 is 0. The fourth-order valence-electron chi connectivity index (χ4n) is 4.26. The van der Waals surface area contributed by atoms with Crippen LogP contribution in [0.3, 0.4) is 0 Å². The molecule has 36 heavy (non-hydrogen) atoms. The lowest BCUT2D eigenvalue weighted by molar-refractivity contribution is -0.131. The molecule has 194 valence electrons. The molecule has 2 aromatic rings. The smallest absolute Gasteiger partial charge is 0.321 e. The van der Waals surface area contributed by atoms with E-state index < -0.39 is 0 Å². The molecule has 1 N–H and O–H groups in total. The number of unbranched alkanes of at least 4 members (excludes halogenated alkanes) is 1. The molecule has 0 aromatic heterocycles. The van der Waals surface area contributed by atoms with Crippen LogP contribution >= 0.6 is 0 Å². The zero-order chi connectivity index (χ0) is 25.8. The summed E-state index contributed by atoms with van der Waals surface area (Å²) in [5.74, 6) is 1.01. The van der Waals surface area contributed by atoms with E-state index in [4.69, 9.17) is 4.74 Å². The first-order valence-electron chi connectivity index (χ1n) is 12.9. The number of amides is 3. The van der Waals surface area contributed by atoms with E-state index in [2.05, 4.69) is 17.1 Å². The number of carbonyl (C=O) groups excluding carboxylic acids is 2. The molecule has 1 saturated heterocycles. The van der Waals surface area contributed by atoms with Crippen molar-refractivity contribution >= 4 is 23.7 Å². The van der Waals surface area contributed by atoms with Gasteiger partial charge in [0.25, 0.3) is 0 Å². The van der Waals surface area contributed by atoms with Crippen LogP contribution in [0.4, 0.5) is 10.5 Å². The maximum atomic E-state index is 12.9. The average Bonchev–Trinajstić information content (AvgIpc) is 2.91. The first-order valence-corrected chi connectivity index (χ1v) is 12.9. The number of methoxy groups -OCH3 is 1. The summed E-state index contributed by atoms with van der Waals surface area (Å²) in [4.78, 5) is 31.7. The summed E-state index contributed by atoms with van der Waals surface area (Å²) in [6.07, 6.45) is 6.54. The van der Waals surface area contributed by atoms with E-state index in [-0.39, 0.29) is 11.9 Å². The van der Waals surface area contributed by atoms with Gasteiger partial charge in [0.1, 0.15) is 5.75 Å². The molecule has 2 aromatic carbocycles. The fourth-order valence-corrected chi connectivity index (χ4v) is 4.26. The molecule has 0 atom stereocenters. The molecule has 0 unspecified atom stereocenters. The fraction of sp³-hybridized carbons (Fsp3) is 0.448. The minimum Gasteiger partial charge on any atom is -0.496 e. The maximum Gasteiger partial charge on any atom is 0.321 e. The summed E-state index contributed by atoms with van der Waals surface area (Å²) in [6, 6.07) is 15.6. The third-order valence-corrected chi connectivity index (χ3v) is 6.59. The van der Waals surface area contributed by atoms with Crippen molar-refractivity contribution in [3.63, 3.8) is 0 Å². The molecule has 1 aliphatic rings. The second-order valence-electron chi connectivity index (χ2n) is 9.16. The molecule has 1 fully saturated rings. The number of benzene rings is 2. The van der Waals surface area contributed by atoms with Crippen LogP contribution in [0.5, 0.6) is 5.75 Å². The van der Waals surface area contributed by atoms with Gasteiger partial charge in [-0.05, 0) is 31.0 Å². The van der Waals surface area contributed by atoms with Crippen molar-refractivity contribution in [3.05, 3.63) is 65.7 Å². The second-order valence-corrected chi connectivity index (χ2v) is 9.16. The monoisotopic (exact) mass is 492 g/mol. The SMILES string of the molecule is CCCCC(=O)N(C/C=C/c1ccccc1OC)CCN1CCN(C(=O)Nc2ccccc2C)CC1. The largest absolute Gasteiger partial charge is 0.496 e. The topological polar surface area (TPSA) is 65.1 Å². The summed E-state index contributed by atoms with van der Waals surface area (Å²) in [5, 5.41) is 3.02. The van der Waals surface area contributed by atoms with Crippen molar-refractivity contribution in [2.24, 2.45) is 0 Å². The third kappa shape index (κ3) is 8.12. The van der Waals surface area contributed by atoms with E-state index in [9.17, 15) is 9.59 Å². The molecule has 7 heteroatoms. The highest BCUT2D eigenvalue weighted by Gasteiger charge is 2.22. The van der Waals surface area contributed by atoms with E-state index in [1.54, 1.807) is 7.11 Å². The van der Waals surface area contributed by atoms with E-state index in [1.165, 1.54) is 0 Å². The van der Waals surface area contributed by atoms with Gasteiger partial charge < -0.3 is 19.9 Å². The van der Waals surface area contributed by atoms with Gasteiger partial charge in [0, 0.05) is 63.5 Å². The minimum absolute atomic E-state index is 0.0539. The number of nitrogens with zero attached hydrogens (tertiary/aromatic N) is 3. The zero-order valence-corrected chi connectivity index (χ0v) is 21.9. The number of anilines is 1. The Balaban J connectivity index is 1.50. The van der Waals surface area contributed by atoms with Gasteiger partial charge in [-0.3, -0.25) is 9.69 Å². The number of ether oxygens (including phenoxy) is 1. The van der Waals surface area contributed by atoms with Crippen LogP contribution in [-0.2, 0) is 4.79 Å². The highest BCUT2D eigenvalue weighted by atomic mass is 16.5. The lowest BCUT2D eigenvalue weighted by Crippen LogP contribution is -2.51. The van der Waals surface area contributed by atoms with Gasteiger partial charge in [-0.25, -0.2) is 4.79 Å². The average molecular weight is 493 g/mol. The molecule has 0 aliphatic carbocycles. The number of para-hydroxylation sites is 2. The molecule has 0 saturated carbocycles. The van der Waals surface area contributed by atoms with Crippen molar-refractivity contribution in [2.45, 2.75) is 33.1 Å². The number of carbonyl (C=O) groups is 2. The number of urea groups is 1. The maximum absolute atomic E-state index is 12.9.